The van der Waals surface area contributed by atoms with Crippen LogP contribution < -0.4 is 11.1 Å². The van der Waals surface area contributed by atoms with E-state index >= 15 is 0 Å². The first-order chi connectivity index (χ1) is 8.12. The molecule has 0 aromatic heterocycles. The second-order valence-electron chi connectivity index (χ2n) is 4.42. The molecule has 1 rings (SSSR count). The summed E-state index contributed by atoms with van der Waals surface area (Å²) in [7, 11) is 0. The topological polar surface area (TPSA) is 61.8 Å². The molecule has 0 amide bonds. The van der Waals surface area contributed by atoms with E-state index in [9.17, 15) is 0 Å². The summed E-state index contributed by atoms with van der Waals surface area (Å²) in [6.07, 6.45) is 2.31. The predicted octanol–water partition coefficient (Wildman–Crippen LogP) is 3.38. The van der Waals surface area contributed by atoms with Crippen LogP contribution in [0.25, 0.3) is 0 Å². The van der Waals surface area contributed by atoms with Crippen LogP contribution in [0.3, 0.4) is 0 Å². The minimum atomic E-state index is 0.403. The molecule has 1 atom stereocenters. The van der Waals surface area contributed by atoms with Crippen molar-refractivity contribution in [1.82, 2.24) is 0 Å². The van der Waals surface area contributed by atoms with Gasteiger partial charge < -0.3 is 11.1 Å². The Hall–Kier alpha value is -1.69. The molecule has 17 heavy (non-hydrogen) atoms. The van der Waals surface area contributed by atoms with Crippen LogP contribution in [-0.4, -0.2) is 6.04 Å². The van der Waals surface area contributed by atoms with Gasteiger partial charge in [0.25, 0.3) is 0 Å². The van der Waals surface area contributed by atoms with Crippen LogP contribution in [0.4, 0.5) is 11.4 Å². The Bertz CT molecular complexity index is 402. The van der Waals surface area contributed by atoms with Gasteiger partial charge in [0.05, 0.1) is 5.56 Å². The highest BCUT2D eigenvalue weighted by Gasteiger charge is 2.13. The molecule has 92 valence electrons. The van der Waals surface area contributed by atoms with Crippen molar-refractivity contribution in [3.8, 4) is 6.07 Å². The number of anilines is 2. The van der Waals surface area contributed by atoms with E-state index in [0.717, 1.165) is 18.5 Å². The van der Waals surface area contributed by atoms with Gasteiger partial charge in [0.1, 0.15) is 6.07 Å². The summed E-state index contributed by atoms with van der Waals surface area (Å²) in [5.74, 6) is 0.651. The van der Waals surface area contributed by atoms with Gasteiger partial charge in [-0.1, -0.05) is 26.7 Å². The summed E-state index contributed by atoms with van der Waals surface area (Å²) in [6.45, 7) is 6.59. The third-order valence-corrected chi connectivity index (χ3v) is 3.32. The maximum atomic E-state index is 8.92. The van der Waals surface area contributed by atoms with Gasteiger partial charge in [-0.2, -0.15) is 5.26 Å². The Balaban J connectivity index is 2.78. The second kappa shape index (κ2) is 6.15. The molecular formula is C14H21N3. The standard InChI is InChI=1S/C14H21N3/c1-4-11(5-2)10(3)17-13-6-7-14(16)12(8-13)9-15/h6-8,10-11,17H,4-5,16H2,1-3H3. The molecule has 3 N–H and O–H groups in total. The SMILES string of the molecule is CCC(CC)C(C)Nc1ccc(N)c(C#N)c1. The summed E-state index contributed by atoms with van der Waals surface area (Å²) in [5.41, 5.74) is 7.73. The molecule has 0 saturated carbocycles. The average molecular weight is 231 g/mol. The molecule has 3 nitrogen and oxygen atoms in total. The normalized spacial score (nSPS) is 12.2. The van der Waals surface area contributed by atoms with E-state index in [2.05, 4.69) is 32.2 Å². The van der Waals surface area contributed by atoms with E-state index in [1.165, 1.54) is 0 Å². The number of nitrogens with one attached hydrogen (secondary N) is 1. The Kier molecular flexibility index (Phi) is 4.84. The van der Waals surface area contributed by atoms with Crippen molar-refractivity contribution in [3.05, 3.63) is 23.8 Å². The lowest BCUT2D eigenvalue weighted by Crippen LogP contribution is -2.25. The van der Waals surface area contributed by atoms with E-state index in [4.69, 9.17) is 11.0 Å². The van der Waals surface area contributed by atoms with Crippen LogP contribution >= 0.6 is 0 Å². The molecular weight excluding hydrogens is 210 g/mol. The van der Waals surface area contributed by atoms with Gasteiger partial charge in [0.15, 0.2) is 0 Å². The fourth-order valence-electron chi connectivity index (χ4n) is 2.12. The number of hydrogen-bond acceptors (Lipinski definition) is 3. The van der Waals surface area contributed by atoms with Gasteiger partial charge >= 0.3 is 0 Å². The molecule has 1 aromatic carbocycles. The zero-order chi connectivity index (χ0) is 12.8. The van der Waals surface area contributed by atoms with Gasteiger partial charge in [-0.05, 0) is 31.0 Å². The third kappa shape index (κ3) is 3.39. The third-order valence-electron chi connectivity index (χ3n) is 3.32. The Labute approximate surface area is 104 Å². The highest BCUT2D eigenvalue weighted by atomic mass is 14.9. The summed E-state index contributed by atoms with van der Waals surface area (Å²) in [6, 6.07) is 8.02. The molecule has 0 bridgehead atoms. The Morgan fingerprint density at radius 3 is 2.53 bits per heavy atom. The minimum Gasteiger partial charge on any atom is -0.398 e. The van der Waals surface area contributed by atoms with Crippen molar-refractivity contribution >= 4 is 11.4 Å². The van der Waals surface area contributed by atoms with E-state index in [-0.39, 0.29) is 0 Å². The summed E-state index contributed by atoms with van der Waals surface area (Å²) >= 11 is 0. The highest BCUT2D eigenvalue weighted by Crippen LogP contribution is 2.21. The number of benzene rings is 1. The number of nitrogens with zero attached hydrogens (tertiary/aromatic N) is 1. The molecule has 0 radical (unpaired) electrons. The van der Waals surface area contributed by atoms with Gasteiger partial charge in [-0.25, -0.2) is 0 Å². The molecule has 0 saturated heterocycles. The number of nitrogen functional groups attached to an aromatic ring is 1. The molecule has 0 spiro atoms. The maximum absolute atomic E-state index is 8.92. The van der Waals surface area contributed by atoms with Crippen LogP contribution in [0.2, 0.25) is 0 Å². The van der Waals surface area contributed by atoms with Crippen LogP contribution in [0.15, 0.2) is 18.2 Å². The van der Waals surface area contributed by atoms with E-state index in [1.54, 1.807) is 6.07 Å². The monoisotopic (exact) mass is 231 g/mol. The Morgan fingerprint density at radius 1 is 1.35 bits per heavy atom. The van der Waals surface area contributed by atoms with E-state index < -0.39 is 0 Å². The largest absolute Gasteiger partial charge is 0.398 e. The van der Waals surface area contributed by atoms with Crippen molar-refractivity contribution in [2.75, 3.05) is 11.1 Å². The number of nitrogens with two attached hydrogens (primary N) is 1. The second-order valence-corrected chi connectivity index (χ2v) is 4.42. The van der Waals surface area contributed by atoms with Crippen molar-refractivity contribution in [2.45, 2.75) is 39.7 Å². The van der Waals surface area contributed by atoms with Gasteiger partial charge in [-0.15, -0.1) is 0 Å². The molecule has 0 aliphatic rings. The van der Waals surface area contributed by atoms with Gasteiger partial charge in [0.2, 0.25) is 0 Å². The smallest absolute Gasteiger partial charge is 0.101 e. The molecule has 1 aromatic rings. The summed E-state index contributed by atoms with van der Waals surface area (Å²) < 4.78 is 0. The lowest BCUT2D eigenvalue weighted by molar-refractivity contribution is 0.438. The molecule has 0 heterocycles. The van der Waals surface area contributed by atoms with Gasteiger partial charge in [-0.3, -0.25) is 0 Å². The number of rotatable bonds is 5. The van der Waals surface area contributed by atoms with Crippen LogP contribution in [0, 0.1) is 17.2 Å². The zero-order valence-corrected chi connectivity index (χ0v) is 10.8. The lowest BCUT2D eigenvalue weighted by Gasteiger charge is -2.23. The van der Waals surface area contributed by atoms with Crippen molar-refractivity contribution < 1.29 is 0 Å². The lowest BCUT2D eigenvalue weighted by atomic mass is 9.95. The highest BCUT2D eigenvalue weighted by molar-refractivity contribution is 5.62. The zero-order valence-electron chi connectivity index (χ0n) is 10.8. The quantitative estimate of drug-likeness (QED) is 0.764. The fraction of sp³-hybridized carbons (Fsp3) is 0.500. The minimum absolute atomic E-state index is 0.403. The first-order valence-electron chi connectivity index (χ1n) is 6.18. The maximum Gasteiger partial charge on any atom is 0.101 e. The first-order valence-corrected chi connectivity index (χ1v) is 6.18. The number of hydrogen-bond donors (Lipinski definition) is 2. The average Bonchev–Trinajstić information content (AvgIpc) is 2.33. The predicted molar refractivity (Wildman–Crippen MR) is 72.7 cm³/mol. The number of nitriles is 1. The first kappa shape index (κ1) is 13.4. The van der Waals surface area contributed by atoms with Crippen LogP contribution in [-0.2, 0) is 0 Å². The molecule has 1 unspecified atom stereocenters. The molecule has 0 aliphatic heterocycles. The van der Waals surface area contributed by atoms with Crippen LogP contribution in [0.5, 0.6) is 0 Å². The molecule has 0 aliphatic carbocycles. The Morgan fingerprint density at radius 2 is 2.00 bits per heavy atom. The van der Waals surface area contributed by atoms with Gasteiger partial charge in [0, 0.05) is 17.4 Å². The molecule has 0 fully saturated rings. The summed E-state index contributed by atoms with van der Waals surface area (Å²) in [5, 5.41) is 12.4. The van der Waals surface area contributed by atoms with E-state index in [1.807, 2.05) is 12.1 Å². The van der Waals surface area contributed by atoms with Crippen molar-refractivity contribution in [2.24, 2.45) is 5.92 Å². The van der Waals surface area contributed by atoms with Crippen molar-refractivity contribution in [1.29, 1.82) is 5.26 Å². The van der Waals surface area contributed by atoms with E-state index in [0.29, 0.717) is 23.2 Å². The molecule has 3 heteroatoms. The van der Waals surface area contributed by atoms with Crippen LogP contribution in [0.1, 0.15) is 39.2 Å². The summed E-state index contributed by atoms with van der Waals surface area (Å²) in [4.78, 5) is 0. The fourth-order valence-corrected chi connectivity index (χ4v) is 2.12. The van der Waals surface area contributed by atoms with Crippen molar-refractivity contribution in [3.63, 3.8) is 0 Å².